The highest BCUT2D eigenvalue weighted by Crippen LogP contribution is 2.18. The Morgan fingerprint density at radius 2 is 1.96 bits per heavy atom. The van der Waals surface area contributed by atoms with Gasteiger partial charge in [-0.15, -0.1) is 0 Å². The molecule has 1 aromatic carbocycles. The molecule has 142 valence electrons. The Bertz CT molecular complexity index is 763. The third kappa shape index (κ3) is 5.54. The molecule has 0 aliphatic carbocycles. The molecule has 3 rings (SSSR count). The summed E-state index contributed by atoms with van der Waals surface area (Å²) in [5, 5.41) is 7.22. The van der Waals surface area contributed by atoms with Crippen molar-refractivity contribution in [1.29, 1.82) is 0 Å². The van der Waals surface area contributed by atoms with Crippen molar-refractivity contribution < 1.29 is 9.59 Å². The highest BCUT2D eigenvalue weighted by Gasteiger charge is 2.27. The predicted molar refractivity (Wildman–Crippen MR) is 105 cm³/mol. The fourth-order valence-electron chi connectivity index (χ4n) is 3.29. The molecule has 0 spiro atoms. The van der Waals surface area contributed by atoms with Crippen LogP contribution in [-0.4, -0.2) is 45.6 Å². The molecule has 0 saturated carbocycles. The van der Waals surface area contributed by atoms with Crippen molar-refractivity contribution >= 4 is 17.9 Å². The Balaban J connectivity index is 1.43. The Hall–Kier alpha value is -2.89. The van der Waals surface area contributed by atoms with E-state index in [4.69, 9.17) is 0 Å². The van der Waals surface area contributed by atoms with Gasteiger partial charge in [-0.25, -0.2) is 0 Å². The molecular weight excluding hydrogens is 340 g/mol. The fourth-order valence-corrected chi connectivity index (χ4v) is 3.29. The first kappa shape index (κ1) is 18.9. The van der Waals surface area contributed by atoms with Gasteiger partial charge in [-0.05, 0) is 37.5 Å². The Kier molecular flexibility index (Phi) is 6.41. The number of amides is 2. The number of hydrogen-bond acceptors (Lipinski definition) is 3. The van der Waals surface area contributed by atoms with Crippen molar-refractivity contribution in [3.8, 4) is 0 Å². The zero-order valence-corrected chi connectivity index (χ0v) is 15.6. The van der Waals surface area contributed by atoms with E-state index in [-0.39, 0.29) is 23.8 Å². The van der Waals surface area contributed by atoms with E-state index in [1.807, 2.05) is 65.2 Å². The molecular formula is C21H26N4O2. The van der Waals surface area contributed by atoms with Gasteiger partial charge in [0.05, 0.1) is 6.54 Å². The second-order valence-corrected chi connectivity index (χ2v) is 6.98. The molecule has 6 heteroatoms. The highest BCUT2D eigenvalue weighted by atomic mass is 16.2. The van der Waals surface area contributed by atoms with Gasteiger partial charge in [-0.3, -0.25) is 14.3 Å². The van der Waals surface area contributed by atoms with Crippen LogP contribution in [0.3, 0.4) is 0 Å². The Morgan fingerprint density at radius 3 is 2.63 bits per heavy atom. The third-order valence-corrected chi connectivity index (χ3v) is 4.80. The van der Waals surface area contributed by atoms with Crippen LogP contribution in [0.15, 0.2) is 54.9 Å². The van der Waals surface area contributed by atoms with E-state index in [2.05, 4.69) is 10.4 Å². The van der Waals surface area contributed by atoms with E-state index < -0.39 is 0 Å². The van der Waals surface area contributed by atoms with Gasteiger partial charge in [-0.2, -0.15) is 5.10 Å². The highest BCUT2D eigenvalue weighted by molar-refractivity contribution is 5.92. The molecule has 1 saturated heterocycles. The monoisotopic (exact) mass is 366 g/mol. The lowest BCUT2D eigenvalue weighted by molar-refractivity contribution is -0.132. The summed E-state index contributed by atoms with van der Waals surface area (Å²) in [6.07, 6.45) is 8.46. The molecule has 1 atom stereocenters. The van der Waals surface area contributed by atoms with Gasteiger partial charge in [0, 0.05) is 43.5 Å². The van der Waals surface area contributed by atoms with E-state index in [0.717, 1.165) is 5.56 Å². The van der Waals surface area contributed by atoms with E-state index in [9.17, 15) is 9.59 Å². The lowest BCUT2D eigenvalue weighted by Gasteiger charge is -2.31. The van der Waals surface area contributed by atoms with Gasteiger partial charge >= 0.3 is 0 Å². The number of benzene rings is 1. The van der Waals surface area contributed by atoms with Crippen molar-refractivity contribution in [2.75, 3.05) is 13.1 Å². The molecule has 1 aliphatic heterocycles. The first-order chi connectivity index (χ1) is 13.1. The summed E-state index contributed by atoms with van der Waals surface area (Å²) in [5.41, 5.74) is 1.01. The zero-order valence-electron chi connectivity index (χ0n) is 15.6. The standard InChI is InChI=1S/C21H26N4O2/c1-17(16-25-13-5-12-22-25)23-21(27)19-10-14-24(15-11-19)20(26)9-8-18-6-3-2-4-7-18/h2-9,12-13,17,19H,10-11,14-16H2,1H3,(H,23,27)/b9-8+. The maximum Gasteiger partial charge on any atom is 0.246 e. The minimum atomic E-state index is -0.0350. The lowest BCUT2D eigenvalue weighted by Crippen LogP contribution is -2.45. The molecule has 1 N–H and O–H groups in total. The lowest BCUT2D eigenvalue weighted by atomic mass is 9.95. The number of aromatic nitrogens is 2. The molecule has 1 unspecified atom stereocenters. The average Bonchev–Trinajstić information content (AvgIpc) is 3.20. The summed E-state index contributed by atoms with van der Waals surface area (Å²) in [6.45, 7) is 3.86. The fraction of sp³-hybridized carbons (Fsp3) is 0.381. The van der Waals surface area contributed by atoms with Crippen LogP contribution in [-0.2, 0) is 16.1 Å². The Morgan fingerprint density at radius 1 is 1.22 bits per heavy atom. The van der Waals surface area contributed by atoms with Crippen molar-refractivity contribution in [1.82, 2.24) is 20.0 Å². The van der Waals surface area contributed by atoms with Crippen molar-refractivity contribution in [3.63, 3.8) is 0 Å². The van der Waals surface area contributed by atoms with Gasteiger partial charge in [0.1, 0.15) is 0 Å². The van der Waals surface area contributed by atoms with Crippen LogP contribution in [0.25, 0.3) is 6.08 Å². The summed E-state index contributed by atoms with van der Waals surface area (Å²) in [6, 6.07) is 11.7. The van der Waals surface area contributed by atoms with Crippen LogP contribution >= 0.6 is 0 Å². The second kappa shape index (κ2) is 9.16. The van der Waals surface area contributed by atoms with Gasteiger partial charge in [0.2, 0.25) is 11.8 Å². The van der Waals surface area contributed by atoms with E-state index in [0.29, 0.717) is 32.5 Å². The maximum absolute atomic E-state index is 12.5. The molecule has 1 aliphatic rings. The van der Waals surface area contributed by atoms with E-state index in [1.54, 1.807) is 12.3 Å². The third-order valence-electron chi connectivity index (χ3n) is 4.80. The number of rotatable bonds is 6. The summed E-state index contributed by atoms with van der Waals surface area (Å²) in [5.74, 6) is 0.0403. The summed E-state index contributed by atoms with van der Waals surface area (Å²) in [7, 11) is 0. The number of piperidine rings is 1. The predicted octanol–water partition coefficient (Wildman–Crippen LogP) is 2.34. The number of likely N-dealkylation sites (tertiary alicyclic amines) is 1. The van der Waals surface area contributed by atoms with Crippen LogP contribution < -0.4 is 5.32 Å². The van der Waals surface area contributed by atoms with Gasteiger partial charge < -0.3 is 10.2 Å². The molecule has 0 radical (unpaired) electrons. The quantitative estimate of drug-likeness (QED) is 0.798. The molecule has 27 heavy (non-hydrogen) atoms. The molecule has 1 aromatic heterocycles. The van der Waals surface area contributed by atoms with Gasteiger partial charge in [0.15, 0.2) is 0 Å². The maximum atomic E-state index is 12.5. The number of carbonyl (C=O) groups is 2. The smallest absolute Gasteiger partial charge is 0.246 e. The molecule has 6 nitrogen and oxygen atoms in total. The van der Waals surface area contributed by atoms with Gasteiger partial charge in [-0.1, -0.05) is 30.3 Å². The summed E-state index contributed by atoms with van der Waals surface area (Å²) in [4.78, 5) is 26.6. The normalized spacial score (nSPS) is 16.4. The van der Waals surface area contributed by atoms with Crippen LogP contribution in [0.5, 0.6) is 0 Å². The molecule has 0 bridgehead atoms. The topological polar surface area (TPSA) is 67.2 Å². The summed E-state index contributed by atoms with van der Waals surface area (Å²) < 4.78 is 1.81. The minimum absolute atomic E-state index is 0.00441. The second-order valence-electron chi connectivity index (χ2n) is 6.98. The molecule has 1 fully saturated rings. The van der Waals surface area contributed by atoms with Crippen molar-refractivity contribution in [3.05, 3.63) is 60.4 Å². The molecule has 2 heterocycles. The van der Waals surface area contributed by atoms with E-state index >= 15 is 0 Å². The van der Waals surface area contributed by atoms with Crippen LogP contribution in [0.1, 0.15) is 25.3 Å². The van der Waals surface area contributed by atoms with Crippen molar-refractivity contribution in [2.45, 2.75) is 32.4 Å². The minimum Gasteiger partial charge on any atom is -0.352 e. The first-order valence-corrected chi connectivity index (χ1v) is 9.41. The number of nitrogens with one attached hydrogen (secondary N) is 1. The SMILES string of the molecule is CC(Cn1cccn1)NC(=O)C1CCN(C(=O)/C=C/c2ccccc2)CC1. The number of nitrogens with zero attached hydrogens (tertiary/aromatic N) is 3. The van der Waals surface area contributed by atoms with Gasteiger partial charge in [0.25, 0.3) is 0 Å². The molecule has 2 amide bonds. The van der Waals surface area contributed by atoms with E-state index in [1.165, 1.54) is 0 Å². The molecule has 2 aromatic rings. The van der Waals surface area contributed by atoms with Crippen LogP contribution in [0, 0.1) is 5.92 Å². The largest absolute Gasteiger partial charge is 0.352 e. The number of hydrogen-bond donors (Lipinski definition) is 1. The van der Waals surface area contributed by atoms with Crippen LogP contribution in [0.4, 0.5) is 0 Å². The average molecular weight is 366 g/mol. The van der Waals surface area contributed by atoms with Crippen LogP contribution in [0.2, 0.25) is 0 Å². The van der Waals surface area contributed by atoms with Crippen molar-refractivity contribution in [2.24, 2.45) is 5.92 Å². The number of carbonyl (C=O) groups excluding carboxylic acids is 2. The zero-order chi connectivity index (χ0) is 19.1. The Labute approximate surface area is 159 Å². The summed E-state index contributed by atoms with van der Waals surface area (Å²) >= 11 is 0. The first-order valence-electron chi connectivity index (χ1n) is 9.41.